The number of azo groups is 2. The molecule has 2 aliphatic heterocycles. The van der Waals surface area contributed by atoms with Crippen molar-refractivity contribution < 1.29 is 24.3 Å². The molecule has 3 fully saturated rings. The van der Waals surface area contributed by atoms with E-state index < -0.39 is 35.5 Å². The van der Waals surface area contributed by atoms with E-state index in [1.165, 1.54) is 9.80 Å². The second-order valence-electron chi connectivity index (χ2n) is 17.2. The number of amides is 4. The molecule has 0 spiro atoms. The van der Waals surface area contributed by atoms with Gasteiger partial charge in [-0.15, -0.1) is 6.58 Å². The number of aromatic hydroxyl groups is 1. The molecule has 5 aromatic rings. The number of benzene rings is 5. The van der Waals surface area contributed by atoms with Gasteiger partial charge >= 0.3 is 0 Å². The van der Waals surface area contributed by atoms with E-state index in [0.717, 1.165) is 16.9 Å². The third-order valence-electron chi connectivity index (χ3n) is 13.0. The van der Waals surface area contributed by atoms with Gasteiger partial charge in [-0.2, -0.15) is 20.5 Å². The Bertz CT molecular complexity index is 2740. The standard InChI is InChI=1S/C51H48N8O5/c1-6-8-30-9-7-10-40(47(30)60)44-39-27-28-41-45(50(63)58(48(41)61)37-23-15-33(16-24-37)54-52-31-11-19-35(20-12-31)56(2)3)42(39)29-43-46(44)51(64)59(49(43)62)38-25-17-34(18-26-38)55-53-32-13-21-36(22-14-32)57(4)5/h6-7,9-27,41-46,60H,1,8,28-29H2,2-5H3/t41-,42+,43+,44+,45-,46+/m0/s1. The number of anilines is 4. The minimum absolute atomic E-state index is 0.0258. The van der Waals surface area contributed by atoms with Crippen LogP contribution in [0.2, 0.25) is 0 Å². The maximum absolute atomic E-state index is 14.8. The highest BCUT2D eigenvalue weighted by molar-refractivity contribution is 6.24. The number of para-hydroxylation sites is 1. The normalized spacial score (nSPS) is 22.8. The largest absolute Gasteiger partial charge is 0.507 e. The number of allylic oxidation sites excluding steroid dienone is 3. The molecule has 5 aromatic carbocycles. The molecule has 9 rings (SSSR count). The Kier molecular flexibility index (Phi) is 11.1. The molecular formula is C51H48N8O5. The number of imide groups is 2. The Morgan fingerprint density at radius 2 is 1.05 bits per heavy atom. The zero-order valence-electron chi connectivity index (χ0n) is 36.1. The second kappa shape index (κ2) is 17.0. The van der Waals surface area contributed by atoms with Gasteiger partial charge in [0.2, 0.25) is 23.6 Å². The molecule has 0 bridgehead atoms. The van der Waals surface area contributed by atoms with Gasteiger partial charge in [0.25, 0.3) is 0 Å². The first-order valence-electron chi connectivity index (χ1n) is 21.4. The van der Waals surface area contributed by atoms with Crippen LogP contribution >= 0.6 is 0 Å². The molecule has 0 aromatic heterocycles. The fourth-order valence-electron chi connectivity index (χ4n) is 9.83. The first kappa shape index (κ1) is 41.8. The Morgan fingerprint density at radius 3 is 1.52 bits per heavy atom. The van der Waals surface area contributed by atoms with Crippen molar-refractivity contribution in [2.24, 2.45) is 50.0 Å². The molecule has 13 heteroatoms. The van der Waals surface area contributed by atoms with E-state index in [1.807, 2.05) is 98.7 Å². The lowest BCUT2D eigenvalue weighted by Gasteiger charge is -2.44. The number of rotatable bonds is 11. The average molecular weight is 853 g/mol. The molecule has 4 aliphatic rings. The van der Waals surface area contributed by atoms with Gasteiger partial charge < -0.3 is 14.9 Å². The summed E-state index contributed by atoms with van der Waals surface area (Å²) in [6.45, 7) is 3.86. The van der Waals surface area contributed by atoms with Crippen LogP contribution in [0.4, 0.5) is 45.5 Å². The Morgan fingerprint density at radius 1 is 0.594 bits per heavy atom. The van der Waals surface area contributed by atoms with Crippen LogP contribution in [0, 0.1) is 29.6 Å². The van der Waals surface area contributed by atoms with E-state index in [-0.39, 0.29) is 42.2 Å². The second-order valence-corrected chi connectivity index (χ2v) is 17.2. The number of hydrogen-bond acceptors (Lipinski definition) is 11. The SMILES string of the molecule is C=CCc1cccc([C@H]2C3=CC[C@@H]4C(=O)N(c5ccc(N=Nc6ccc(N(C)C)cc6)cc5)C(=O)[C@@H]4[C@@H]3C[C@H]3C(=O)N(c4ccc(N=Nc5ccc(N(C)C)cc5)cc4)C(=O)[C@@H]23)c1O. The summed E-state index contributed by atoms with van der Waals surface area (Å²) in [6, 6.07) is 34.4. The molecule has 2 aliphatic carbocycles. The highest BCUT2D eigenvalue weighted by atomic mass is 16.3. The summed E-state index contributed by atoms with van der Waals surface area (Å²) in [5.74, 6) is -5.74. The maximum Gasteiger partial charge on any atom is 0.238 e. The van der Waals surface area contributed by atoms with E-state index in [1.54, 1.807) is 66.7 Å². The lowest BCUT2D eigenvalue weighted by Crippen LogP contribution is -2.43. The number of hydrogen-bond donors (Lipinski definition) is 1. The van der Waals surface area contributed by atoms with E-state index in [4.69, 9.17) is 0 Å². The van der Waals surface area contributed by atoms with Crippen molar-refractivity contribution in [1.29, 1.82) is 0 Å². The summed E-state index contributed by atoms with van der Waals surface area (Å²) < 4.78 is 0. The van der Waals surface area contributed by atoms with Crippen LogP contribution in [-0.4, -0.2) is 56.9 Å². The molecule has 6 atom stereocenters. The molecule has 0 radical (unpaired) electrons. The quantitative estimate of drug-likeness (QED) is 0.0789. The van der Waals surface area contributed by atoms with Gasteiger partial charge in [-0.3, -0.25) is 29.0 Å². The van der Waals surface area contributed by atoms with E-state index in [9.17, 15) is 24.3 Å². The summed E-state index contributed by atoms with van der Waals surface area (Å²) >= 11 is 0. The molecule has 13 nitrogen and oxygen atoms in total. The van der Waals surface area contributed by atoms with Gasteiger partial charge in [0.1, 0.15) is 5.75 Å². The van der Waals surface area contributed by atoms with Crippen LogP contribution in [0.1, 0.15) is 29.9 Å². The van der Waals surface area contributed by atoms with Crippen LogP contribution in [0.25, 0.3) is 0 Å². The van der Waals surface area contributed by atoms with Gasteiger partial charge in [0, 0.05) is 51.0 Å². The summed E-state index contributed by atoms with van der Waals surface area (Å²) in [6.07, 6.45) is 4.54. The topological polar surface area (TPSA) is 151 Å². The van der Waals surface area contributed by atoms with Crippen molar-refractivity contribution in [3.8, 4) is 5.75 Å². The molecule has 0 unspecified atom stereocenters. The van der Waals surface area contributed by atoms with Crippen LogP contribution in [0.5, 0.6) is 5.75 Å². The van der Waals surface area contributed by atoms with E-state index >= 15 is 0 Å². The molecule has 4 amide bonds. The highest BCUT2D eigenvalue weighted by Crippen LogP contribution is 2.59. The van der Waals surface area contributed by atoms with Crippen molar-refractivity contribution in [3.05, 3.63) is 151 Å². The van der Waals surface area contributed by atoms with Crippen LogP contribution in [0.3, 0.4) is 0 Å². The third kappa shape index (κ3) is 7.46. The third-order valence-corrected chi connectivity index (χ3v) is 13.0. The van der Waals surface area contributed by atoms with Crippen molar-refractivity contribution in [2.75, 3.05) is 47.8 Å². The van der Waals surface area contributed by atoms with Crippen LogP contribution in [0.15, 0.2) is 160 Å². The summed E-state index contributed by atoms with van der Waals surface area (Å²) in [5, 5.41) is 29.2. The number of fused-ring (bicyclic) bond motifs is 4. The number of carbonyl (C=O) groups excluding carboxylic acids is 4. The minimum atomic E-state index is -0.850. The molecule has 2 heterocycles. The van der Waals surface area contributed by atoms with Gasteiger partial charge in [-0.25, -0.2) is 0 Å². The maximum atomic E-state index is 14.8. The van der Waals surface area contributed by atoms with Crippen molar-refractivity contribution >= 4 is 69.1 Å². The first-order valence-corrected chi connectivity index (χ1v) is 21.4. The lowest BCUT2D eigenvalue weighted by molar-refractivity contribution is -0.126. The highest BCUT2D eigenvalue weighted by Gasteiger charge is 2.62. The Hall–Kier alpha value is -7.54. The van der Waals surface area contributed by atoms with Crippen LogP contribution < -0.4 is 19.6 Å². The molecule has 322 valence electrons. The summed E-state index contributed by atoms with van der Waals surface area (Å²) in [7, 11) is 7.86. The zero-order chi connectivity index (χ0) is 44.8. The fourth-order valence-corrected chi connectivity index (χ4v) is 9.83. The number of carbonyl (C=O) groups is 4. The van der Waals surface area contributed by atoms with Crippen molar-refractivity contribution in [2.45, 2.75) is 25.2 Å². The molecule has 1 saturated carbocycles. The lowest BCUT2D eigenvalue weighted by atomic mass is 9.57. The molecule has 2 saturated heterocycles. The van der Waals surface area contributed by atoms with Crippen molar-refractivity contribution in [1.82, 2.24) is 0 Å². The van der Waals surface area contributed by atoms with Crippen LogP contribution in [-0.2, 0) is 25.6 Å². The van der Waals surface area contributed by atoms with Gasteiger partial charge in [0.05, 0.1) is 57.8 Å². The number of phenols is 1. The van der Waals surface area contributed by atoms with E-state index in [0.29, 0.717) is 51.7 Å². The average Bonchev–Trinajstić information content (AvgIpc) is 3.71. The predicted molar refractivity (Wildman–Crippen MR) is 247 cm³/mol. The zero-order valence-corrected chi connectivity index (χ0v) is 36.1. The molecular weight excluding hydrogens is 805 g/mol. The Labute approximate surface area is 371 Å². The van der Waals surface area contributed by atoms with Gasteiger partial charge in [0.15, 0.2) is 0 Å². The van der Waals surface area contributed by atoms with Gasteiger partial charge in [-0.05, 0) is 128 Å². The smallest absolute Gasteiger partial charge is 0.238 e. The number of nitrogens with zero attached hydrogens (tertiary/aromatic N) is 8. The molecule has 64 heavy (non-hydrogen) atoms. The van der Waals surface area contributed by atoms with Crippen molar-refractivity contribution in [3.63, 3.8) is 0 Å². The van der Waals surface area contributed by atoms with E-state index in [2.05, 4.69) is 27.0 Å². The number of phenolic OH excluding ortho intramolecular Hbond substituents is 1. The fraction of sp³-hybridized carbons (Fsp3) is 0.255. The van der Waals surface area contributed by atoms with Gasteiger partial charge in [-0.1, -0.05) is 35.9 Å². The summed E-state index contributed by atoms with van der Waals surface area (Å²) in [4.78, 5) is 64.8. The predicted octanol–water partition coefficient (Wildman–Crippen LogP) is 10.1. The first-order chi connectivity index (χ1) is 30.9. The summed E-state index contributed by atoms with van der Waals surface area (Å²) in [5.41, 5.74) is 7.29. The molecule has 1 N–H and O–H groups in total. The minimum Gasteiger partial charge on any atom is -0.507 e. The Balaban J connectivity index is 1.00. The monoisotopic (exact) mass is 852 g/mol.